The Morgan fingerprint density at radius 3 is 2.72 bits per heavy atom. The number of morpholine rings is 1. The lowest BCUT2D eigenvalue weighted by Crippen LogP contribution is -2.42. The summed E-state index contributed by atoms with van der Waals surface area (Å²) in [5.74, 6) is 1.94. The monoisotopic (exact) mass is 252 g/mol. The van der Waals surface area contributed by atoms with E-state index in [-0.39, 0.29) is 6.10 Å². The quantitative estimate of drug-likeness (QED) is 0.824. The topological polar surface area (TPSA) is 66.4 Å². The average Bonchev–Trinajstić information content (AvgIpc) is 2.38. The van der Waals surface area contributed by atoms with E-state index in [1.54, 1.807) is 7.05 Å². The predicted molar refractivity (Wildman–Crippen MR) is 71.3 cm³/mol. The lowest BCUT2D eigenvalue weighted by molar-refractivity contribution is 0.0526. The zero-order valence-electron chi connectivity index (χ0n) is 11.3. The SMILES string of the molecule is CNc1nc(N(C)C)nc(N2CCOC(C)C2)n1. The van der Waals surface area contributed by atoms with E-state index in [0.717, 1.165) is 13.1 Å². The lowest BCUT2D eigenvalue weighted by atomic mass is 10.3. The molecule has 7 heteroatoms. The van der Waals surface area contributed by atoms with E-state index in [2.05, 4.69) is 32.1 Å². The molecule has 1 saturated heterocycles. The first-order chi connectivity index (χ1) is 8.60. The molecule has 7 nitrogen and oxygen atoms in total. The van der Waals surface area contributed by atoms with Crippen LogP contribution < -0.4 is 15.1 Å². The second-order valence-corrected chi connectivity index (χ2v) is 4.53. The van der Waals surface area contributed by atoms with E-state index >= 15 is 0 Å². The van der Waals surface area contributed by atoms with E-state index in [0.29, 0.717) is 24.5 Å². The summed E-state index contributed by atoms with van der Waals surface area (Å²) < 4.78 is 5.52. The number of hydrogen-bond acceptors (Lipinski definition) is 7. The third kappa shape index (κ3) is 2.79. The summed E-state index contributed by atoms with van der Waals surface area (Å²) in [5, 5.41) is 2.97. The maximum Gasteiger partial charge on any atom is 0.232 e. The lowest BCUT2D eigenvalue weighted by Gasteiger charge is -2.31. The zero-order valence-corrected chi connectivity index (χ0v) is 11.3. The number of nitrogens with zero attached hydrogens (tertiary/aromatic N) is 5. The Balaban J connectivity index is 2.28. The summed E-state index contributed by atoms with van der Waals surface area (Å²) in [4.78, 5) is 17.2. The number of anilines is 3. The van der Waals surface area contributed by atoms with E-state index < -0.39 is 0 Å². The second kappa shape index (κ2) is 5.34. The molecule has 0 spiro atoms. The van der Waals surface area contributed by atoms with Crippen molar-refractivity contribution in [2.45, 2.75) is 13.0 Å². The van der Waals surface area contributed by atoms with Gasteiger partial charge in [-0.05, 0) is 6.92 Å². The first kappa shape index (κ1) is 12.8. The first-order valence-electron chi connectivity index (χ1n) is 6.08. The van der Waals surface area contributed by atoms with Crippen LogP contribution >= 0.6 is 0 Å². The van der Waals surface area contributed by atoms with E-state index in [1.807, 2.05) is 19.0 Å². The largest absolute Gasteiger partial charge is 0.375 e. The number of ether oxygens (including phenoxy) is 1. The van der Waals surface area contributed by atoms with Crippen molar-refractivity contribution in [3.63, 3.8) is 0 Å². The molecule has 0 aromatic carbocycles. The number of nitrogens with one attached hydrogen (secondary N) is 1. The molecule has 1 aliphatic heterocycles. The molecule has 1 unspecified atom stereocenters. The third-order valence-corrected chi connectivity index (χ3v) is 2.76. The van der Waals surface area contributed by atoms with Crippen LogP contribution in [0.15, 0.2) is 0 Å². The van der Waals surface area contributed by atoms with Crippen LogP contribution in [0.5, 0.6) is 0 Å². The molecule has 1 aromatic rings. The summed E-state index contributed by atoms with van der Waals surface area (Å²) in [7, 11) is 5.64. The fraction of sp³-hybridized carbons (Fsp3) is 0.727. The van der Waals surface area contributed by atoms with Crippen molar-refractivity contribution < 1.29 is 4.74 Å². The molecule has 0 saturated carbocycles. The van der Waals surface area contributed by atoms with Gasteiger partial charge in [0.25, 0.3) is 0 Å². The molecule has 100 valence electrons. The van der Waals surface area contributed by atoms with Crippen LogP contribution in [0.4, 0.5) is 17.8 Å². The van der Waals surface area contributed by atoms with Gasteiger partial charge in [0.1, 0.15) is 0 Å². The number of rotatable bonds is 3. The van der Waals surface area contributed by atoms with Crippen molar-refractivity contribution in [1.82, 2.24) is 15.0 Å². The molecule has 1 atom stereocenters. The van der Waals surface area contributed by atoms with Crippen molar-refractivity contribution in [3.8, 4) is 0 Å². The van der Waals surface area contributed by atoms with Crippen molar-refractivity contribution >= 4 is 17.8 Å². The summed E-state index contributed by atoms with van der Waals surface area (Å²) in [6.07, 6.45) is 0.205. The fourth-order valence-corrected chi connectivity index (χ4v) is 1.81. The molecule has 0 radical (unpaired) electrons. The maximum atomic E-state index is 5.52. The molecule has 2 heterocycles. The van der Waals surface area contributed by atoms with Crippen molar-refractivity contribution in [2.24, 2.45) is 0 Å². The standard InChI is InChI=1S/C11H20N6O/c1-8-7-17(5-6-18-8)11-14-9(12-2)13-10(15-11)16(3)4/h8H,5-7H2,1-4H3,(H,12,13,14,15). The van der Waals surface area contributed by atoms with Gasteiger partial charge in [-0.3, -0.25) is 0 Å². The van der Waals surface area contributed by atoms with Gasteiger partial charge in [0.15, 0.2) is 0 Å². The molecular weight excluding hydrogens is 232 g/mol. The molecule has 0 bridgehead atoms. The average molecular weight is 252 g/mol. The van der Waals surface area contributed by atoms with Crippen LogP contribution in [0, 0.1) is 0 Å². The number of hydrogen-bond donors (Lipinski definition) is 1. The Morgan fingerprint density at radius 2 is 2.11 bits per heavy atom. The minimum Gasteiger partial charge on any atom is -0.375 e. The predicted octanol–water partition coefficient (Wildman–Crippen LogP) is 0.204. The minimum atomic E-state index is 0.205. The van der Waals surface area contributed by atoms with Crippen molar-refractivity contribution in [2.75, 3.05) is 56.0 Å². The Morgan fingerprint density at radius 1 is 1.33 bits per heavy atom. The van der Waals surface area contributed by atoms with Gasteiger partial charge >= 0.3 is 0 Å². The van der Waals surface area contributed by atoms with Gasteiger partial charge in [0.05, 0.1) is 12.7 Å². The fourth-order valence-electron chi connectivity index (χ4n) is 1.81. The van der Waals surface area contributed by atoms with Crippen LogP contribution in [0.25, 0.3) is 0 Å². The second-order valence-electron chi connectivity index (χ2n) is 4.53. The van der Waals surface area contributed by atoms with Crippen LogP contribution in [0.3, 0.4) is 0 Å². The molecule has 1 N–H and O–H groups in total. The van der Waals surface area contributed by atoms with Gasteiger partial charge in [-0.15, -0.1) is 0 Å². The van der Waals surface area contributed by atoms with Crippen LogP contribution in [-0.4, -0.2) is 61.9 Å². The summed E-state index contributed by atoms with van der Waals surface area (Å²) in [6, 6.07) is 0. The summed E-state index contributed by atoms with van der Waals surface area (Å²) in [6.45, 7) is 4.38. The Bertz CT molecular complexity index is 411. The van der Waals surface area contributed by atoms with E-state index in [9.17, 15) is 0 Å². The molecule has 0 amide bonds. The van der Waals surface area contributed by atoms with Crippen molar-refractivity contribution in [1.29, 1.82) is 0 Å². The van der Waals surface area contributed by atoms with Gasteiger partial charge in [-0.2, -0.15) is 15.0 Å². The van der Waals surface area contributed by atoms with Crippen LogP contribution in [-0.2, 0) is 4.74 Å². The third-order valence-electron chi connectivity index (χ3n) is 2.76. The Labute approximate surface area is 107 Å². The zero-order chi connectivity index (χ0) is 13.1. The van der Waals surface area contributed by atoms with Gasteiger partial charge in [0.2, 0.25) is 17.8 Å². The Hall–Kier alpha value is -1.63. The highest BCUT2D eigenvalue weighted by molar-refractivity contribution is 5.44. The molecule has 2 rings (SSSR count). The van der Waals surface area contributed by atoms with Crippen LogP contribution in [0.1, 0.15) is 6.92 Å². The highest BCUT2D eigenvalue weighted by Crippen LogP contribution is 2.17. The highest BCUT2D eigenvalue weighted by Gasteiger charge is 2.20. The van der Waals surface area contributed by atoms with Crippen molar-refractivity contribution in [3.05, 3.63) is 0 Å². The van der Waals surface area contributed by atoms with Crippen LogP contribution in [0.2, 0.25) is 0 Å². The summed E-state index contributed by atoms with van der Waals surface area (Å²) in [5.41, 5.74) is 0. The van der Waals surface area contributed by atoms with E-state index in [4.69, 9.17) is 4.74 Å². The minimum absolute atomic E-state index is 0.205. The molecular formula is C11H20N6O. The van der Waals surface area contributed by atoms with Gasteiger partial charge in [0, 0.05) is 34.2 Å². The number of aromatic nitrogens is 3. The van der Waals surface area contributed by atoms with Gasteiger partial charge < -0.3 is 19.9 Å². The van der Waals surface area contributed by atoms with E-state index in [1.165, 1.54) is 0 Å². The van der Waals surface area contributed by atoms with Gasteiger partial charge in [-0.25, -0.2) is 0 Å². The first-order valence-corrected chi connectivity index (χ1v) is 6.08. The molecule has 1 aromatic heterocycles. The maximum absolute atomic E-state index is 5.52. The smallest absolute Gasteiger partial charge is 0.232 e. The molecule has 0 aliphatic carbocycles. The highest BCUT2D eigenvalue weighted by atomic mass is 16.5. The normalized spacial score (nSPS) is 19.8. The molecule has 1 aliphatic rings. The van der Waals surface area contributed by atoms with Gasteiger partial charge in [-0.1, -0.05) is 0 Å². The summed E-state index contributed by atoms with van der Waals surface area (Å²) >= 11 is 0. The molecule has 18 heavy (non-hydrogen) atoms. The molecule has 1 fully saturated rings. The Kier molecular flexibility index (Phi) is 3.81.